The Morgan fingerprint density at radius 3 is 2.48 bits per heavy atom. The van der Waals surface area contributed by atoms with Gasteiger partial charge >= 0.3 is 0 Å². The second-order valence-electron chi connectivity index (χ2n) is 6.05. The van der Waals surface area contributed by atoms with Gasteiger partial charge in [0, 0.05) is 20.1 Å². The highest BCUT2D eigenvalue weighted by Gasteiger charge is 2.15. The minimum atomic E-state index is 0.213. The number of guanidine groups is 1. The molecule has 0 aliphatic heterocycles. The Hall–Kier alpha value is -2.53. The van der Waals surface area contributed by atoms with Crippen LogP contribution < -0.4 is 15.4 Å². The average molecular weight is 340 g/mol. The number of hydrogen-bond acceptors (Lipinski definition) is 3. The van der Waals surface area contributed by atoms with Crippen LogP contribution in [0.1, 0.15) is 17.2 Å². The monoisotopic (exact) mass is 340 g/mol. The highest BCUT2D eigenvalue weighted by atomic mass is 16.5. The smallest absolute Gasteiger partial charge is 0.191 e. The third-order valence-corrected chi connectivity index (χ3v) is 4.09. The van der Waals surface area contributed by atoms with Crippen molar-refractivity contribution < 1.29 is 4.74 Å². The molecule has 0 aromatic heterocycles. The van der Waals surface area contributed by atoms with Crippen molar-refractivity contribution in [1.29, 1.82) is 0 Å². The standard InChI is InChI=1S/C20H28N4O/c1-21-20(22-14-16-9-6-5-7-10-16)23-15-19(24(2)3)17-11-8-12-18(13-17)25-4/h5-13,19H,14-15H2,1-4H3,(H2,21,22,23). The summed E-state index contributed by atoms with van der Waals surface area (Å²) in [4.78, 5) is 6.50. The fourth-order valence-electron chi connectivity index (χ4n) is 2.64. The lowest BCUT2D eigenvalue weighted by atomic mass is 10.1. The predicted molar refractivity (Wildman–Crippen MR) is 104 cm³/mol. The first kappa shape index (κ1) is 18.8. The van der Waals surface area contributed by atoms with Crippen molar-refractivity contribution in [3.8, 4) is 5.75 Å². The van der Waals surface area contributed by atoms with Gasteiger partial charge in [-0.25, -0.2) is 0 Å². The van der Waals surface area contributed by atoms with Gasteiger partial charge in [-0.1, -0.05) is 42.5 Å². The van der Waals surface area contributed by atoms with E-state index >= 15 is 0 Å². The number of ether oxygens (including phenoxy) is 1. The van der Waals surface area contributed by atoms with Crippen LogP contribution in [0, 0.1) is 0 Å². The molecule has 2 aromatic rings. The minimum absolute atomic E-state index is 0.213. The molecule has 0 amide bonds. The number of rotatable bonds is 7. The van der Waals surface area contributed by atoms with Crippen molar-refractivity contribution >= 4 is 5.96 Å². The number of benzene rings is 2. The first-order chi connectivity index (χ1) is 12.1. The highest BCUT2D eigenvalue weighted by molar-refractivity contribution is 5.79. The van der Waals surface area contributed by atoms with Gasteiger partial charge in [-0.05, 0) is 37.4 Å². The van der Waals surface area contributed by atoms with Crippen molar-refractivity contribution in [2.75, 3.05) is 34.8 Å². The molecule has 0 saturated heterocycles. The normalized spacial score (nSPS) is 12.8. The maximum atomic E-state index is 5.34. The van der Waals surface area contributed by atoms with Gasteiger partial charge in [-0.2, -0.15) is 0 Å². The average Bonchev–Trinajstić information content (AvgIpc) is 2.65. The van der Waals surface area contributed by atoms with Crippen LogP contribution in [0.3, 0.4) is 0 Å². The minimum Gasteiger partial charge on any atom is -0.497 e. The lowest BCUT2D eigenvalue weighted by Crippen LogP contribution is -2.41. The summed E-state index contributed by atoms with van der Waals surface area (Å²) in [6.07, 6.45) is 0. The summed E-state index contributed by atoms with van der Waals surface area (Å²) < 4.78 is 5.34. The summed E-state index contributed by atoms with van der Waals surface area (Å²) in [5.74, 6) is 1.66. The Balaban J connectivity index is 1.96. The van der Waals surface area contributed by atoms with Crippen molar-refractivity contribution in [3.63, 3.8) is 0 Å². The molecule has 2 rings (SSSR count). The molecule has 2 N–H and O–H groups in total. The molecular formula is C20H28N4O. The maximum absolute atomic E-state index is 5.34. The molecule has 0 fully saturated rings. The number of hydrogen-bond donors (Lipinski definition) is 2. The molecule has 25 heavy (non-hydrogen) atoms. The van der Waals surface area contributed by atoms with Gasteiger partial charge in [-0.15, -0.1) is 0 Å². The van der Waals surface area contributed by atoms with Crippen LogP contribution in [0.4, 0.5) is 0 Å². The topological polar surface area (TPSA) is 48.9 Å². The van der Waals surface area contributed by atoms with Crippen LogP contribution >= 0.6 is 0 Å². The molecule has 1 atom stereocenters. The van der Waals surface area contributed by atoms with Gasteiger partial charge in [0.05, 0.1) is 13.2 Å². The van der Waals surface area contributed by atoms with Crippen LogP contribution in [0.15, 0.2) is 59.6 Å². The number of methoxy groups -OCH3 is 1. The number of likely N-dealkylation sites (N-methyl/N-ethyl adjacent to an activating group) is 1. The number of aliphatic imine (C=N–C) groups is 1. The van der Waals surface area contributed by atoms with Gasteiger partial charge in [0.15, 0.2) is 5.96 Å². The Morgan fingerprint density at radius 2 is 1.84 bits per heavy atom. The van der Waals surface area contributed by atoms with E-state index in [9.17, 15) is 0 Å². The molecule has 0 spiro atoms. The van der Waals surface area contributed by atoms with E-state index in [0.29, 0.717) is 0 Å². The SMILES string of the molecule is CN=C(NCc1ccccc1)NCC(c1cccc(OC)c1)N(C)C. The quantitative estimate of drug-likeness (QED) is 0.601. The third-order valence-electron chi connectivity index (χ3n) is 4.09. The molecular weight excluding hydrogens is 312 g/mol. The zero-order chi connectivity index (χ0) is 18.1. The van der Waals surface area contributed by atoms with E-state index in [-0.39, 0.29) is 6.04 Å². The summed E-state index contributed by atoms with van der Waals surface area (Å²) in [6, 6.07) is 18.7. The Bertz CT molecular complexity index is 670. The zero-order valence-electron chi connectivity index (χ0n) is 15.5. The third kappa shape index (κ3) is 5.80. The molecule has 2 aromatic carbocycles. The maximum Gasteiger partial charge on any atom is 0.191 e. The van der Waals surface area contributed by atoms with E-state index in [4.69, 9.17) is 4.74 Å². The zero-order valence-corrected chi connectivity index (χ0v) is 15.5. The van der Waals surface area contributed by atoms with Crippen molar-refractivity contribution in [2.45, 2.75) is 12.6 Å². The lowest BCUT2D eigenvalue weighted by molar-refractivity contribution is 0.297. The Labute approximate surface area is 150 Å². The van der Waals surface area contributed by atoms with E-state index in [0.717, 1.165) is 24.8 Å². The molecule has 0 heterocycles. The summed E-state index contributed by atoms with van der Waals surface area (Å²) >= 11 is 0. The van der Waals surface area contributed by atoms with Gasteiger partial charge in [-0.3, -0.25) is 4.99 Å². The van der Waals surface area contributed by atoms with Crippen LogP contribution in [0.25, 0.3) is 0 Å². The Kier molecular flexibility index (Phi) is 7.29. The first-order valence-electron chi connectivity index (χ1n) is 8.43. The molecule has 0 saturated carbocycles. The molecule has 0 aliphatic carbocycles. The highest BCUT2D eigenvalue weighted by Crippen LogP contribution is 2.22. The van der Waals surface area contributed by atoms with E-state index < -0.39 is 0 Å². The van der Waals surface area contributed by atoms with E-state index in [1.807, 2.05) is 30.3 Å². The summed E-state index contributed by atoms with van der Waals surface area (Å²) in [7, 11) is 7.63. The van der Waals surface area contributed by atoms with Gasteiger partial charge in [0.1, 0.15) is 5.75 Å². The fourth-order valence-corrected chi connectivity index (χ4v) is 2.64. The summed E-state index contributed by atoms with van der Waals surface area (Å²) in [5.41, 5.74) is 2.43. The molecule has 134 valence electrons. The van der Waals surface area contributed by atoms with Crippen LogP contribution in [0.2, 0.25) is 0 Å². The van der Waals surface area contributed by atoms with Gasteiger partial charge in [0.2, 0.25) is 0 Å². The Morgan fingerprint density at radius 1 is 1.08 bits per heavy atom. The van der Waals surface area contributed by atoms with E-state index in [2.05, 4.69) is 58.9 Å². The summed E-state index contributed by atoms with van der Waals surface area (Å²) in [6.45, 7) is 1.49. The fraction of sp³-hybridized carbons (Fsp3) is 0.350. The molecule has 5 heteroatoms. The molecule has 0 aliphatic rings. The molecule has 1 unspecified atom stereocenters. The van der Waals surface area contributed by atoms with Crippen LogP contribution in [0.5, 0.6) is 5.75 Å². The van der Waals surface area contributed by atoms with Gasteiger partial charge < -0.3 is 20.3 Å². The molecule has 0 bridgehead atoms. The number of nitrogens with zero attached hydrogens (tertiary/aromatic N) is 2. The summed E-state index contributed by atoms with van der Waals surface area (Å²) in [5, 5.41) is 6.76. The van der Waals surface area contributed by atoms with Crippen LogP contribution in [-0.2, 0) is 6.54 Å². The van der Waals surface area contributed by atoms with Gasteiger partial charge in [0.25, 0.3) is 0 Å². The first-order valence-corrected chi connectivity index (χ1v) is 8.43. The molecule has 0 radical (unpaired) electrons. The second kappa shape index (κ2) is 9.69. The van der Waals surface area contributed by atoms with E-state index in [1.54, 1.807) is 14.2 Å². The van der Waals surface area contributed by atoms with Crippen molar-refractivity contribution in [2.24, 2.45) is 4.99 Å². The molecule has 5 nitrogen and oxygen atoms in total. The van der Waals surface area contributed by atoms with Crippen molar-refractivity contribution in [3.05, 3.63) is 65.7 Å². The predicted octanol–water partition coefficient (Wildman–Crippen LogP) is 2.66. The van der Waals surface area contributed by atoms with E-state index in [1.165, 1.54) is 11.1 Å². The van der Waals surface area contributed by atoms with Crippen LogP contribution in [-0.4, -0.2) is 45.7 Å². The second-order valence-corrected chi connectivity index (χ2v) is 6.05. The lowest BCUT2D eigenvalue weighted by Gasteiger charge is -2.26. The van der Waals surface area contributed by atoms with Crippen molar-refractivity contribution in [1.82, 2.24) is 15.5 Å². The number of nitrogens with one attached hydrogen (secondary N) is 2. The largest absolute Gasteiger partial charge is 0.497 e.